The first-order valence-electron chi connectivity index (χ1n) is 8.96. The van der Waals surface area contributed by atoms with E-state index in [1.807, 2.05) is 53.4 Å². The van der Waals surface area contributed by atoms with Crippen LogP contribution in [0.5, 0.6) is 5.75 Å². The van der Waals surface area contributed by atoms with E-state index in [-0.39, 0.29) is 13.2 Å². The molecule has 0 fully saturated rings. The summed E-state index contributed by atoms with van der Waals surface area (Å²) in [5, 5.41) is 19.7. The van der Waals surface area contributed by atoms with Crippen molar-refractivity contribution in [3.8, 4) is 5.75 Å². The van der Waals surface area contributed by atoms with Gasteiger partial charge in [0.05, 0.1) is 6.61 Å². The highest BCUT2D eigenvalue weighted by atomic mass is 16.5. The summed E-state index contributed by atoms with van der Waals surface area (Å²) in [6.07, 6.45) is 0.401. The first-order valence-corrected chi connectivity index (χ1v) is 8.96. The molecule has 25 heavy (non-hydrogen) atoms. The van der Waals surface area contributed by atoms with Crippen LogP contribution in [-0.2, 0) is 0 Å². The van der Waals surface area contributed by atoms with Crippen LogP contribution < -0.4 is 9.64 Å². The molecule has 2 aromatic carbocycles. The lowest BCUT2D eigenvalue weighted by molar-refractivity contribution is 0.110. The van der Waals surface area contributed by atoms with Gasteiger partial charge in [0.15, 0.2) is 0 Å². The van der Waals surface area contributed by atoms with Gasteiger partial charge >= 0.3 is 0 Å². The molecular weight excluding hydrogens is 314 g/mol. The minimum atomic E-state index is -0.642. The van der Waals surface area contributed by atoms with Gasteiger partial charge in [0.2, 0.25) is 0 Å². The average molecular weight is 343 g/mol. The average Bonchev–Trinajstić information content (AvgIpc) is 2.66. The highest BCUT2D eigenvalue weighted by molar-refractivity contribution is 5.46. The standard InChI is InChI=1S/C21H29NO3/c1-3-17(2)20-11-7-8-12-21(20)25-16-19(24)15-22(13-14-23)18-9-5-4-6-10-18/h4-12,17,19,23-24H,3,13-16H2,1-2H3. The Bertz CT molecular complexity index is 618. The molecule has 0 saturated carbocycles. The predicted molar refractivity (Wildman–Crippen MR) is 102 cm³/mol. The second kappa shape index (κ2) is 10.1. The Hall–Kier alpha value is -2.04. The Balaban J connectivity index is 1.97. The Morgan fingerprint density at radius 1 is 1.04 bits per heavy atom. The normalized spacial score (nSPS) is 13.3. The van der Waals surface area contributed by atoms with Gasteiger partial charge in [0.25, 0.3) is 0 Å². The van der Waals surface area contributed by atoms with Crippen molar-refractivity contribution in [2.75, 3.05) is 31.2 Å². The van der Waals surface area contributed by atoms with Crippen LogP contribution >= 0.6 is 0 Å². The van der Waals surface area contributed by atoms with Crippen LogP contribution in [0, 0.1) is 0 Å². The molecule has 0 heterocycles. The van der Waals surface area contributed by atoms with E-state index in [2.05, 4.69) is 19.9 Å². The van der Waals surface area contributed by atoms with Gasteiger partial charge in [0, 0.05) is 18.8 Å². The van der Waals surface area contributed by atoms with E-state index < -0.39 is 6.10 Å². The van der Waals surface area contributed by atoms with E-state index in [9.17, 15) is 10.2 Å². The third-order valence-electron chi connectivity index (χ3n) is 4.42. The molecule has 2 rings (SSSR count). The Morgan fingerprint density at radius 3 is 2.40 bits per heavy atom. The molecule has 0 spiro atoms. The lowest BCUT2D eigenvalue weighted by Crippen LogP contribution is -2.37. The number of aliphatic hydroxyl groups is 2. The third kappa shape index (κ3) is 5.76. The SMILES string of the molecule is CCC(C)c1ccccc1OCC(O)CN(CCO)c1ccccc1. The van der Waals surface area contributed by atoms with E-state index in [1.54, 1.807) is 0 Å². The van der Waals surface area contributed by atoms with Gasteiger partial charge in [0.1, 0.15) is 18.5 Å². The lowest BCUT2D eigenvalue weighted by Gasteiger charge is -2.27. The number of hydrogen-bond donors (Lipinski definition) is 2. The summed E-state index contributed by atoms with van der Waals surface area (Å²) >= 11 is 0. The first-order chi connectivity index (χ1) is 12.2. The molecule has 0 radical (unpaired) electrons. The van der Waals surface area contributed by atoms with Gasteiger partial charge in [-0.1, -0.05) is 50.2 Å². The van der Waals surface area contributed by atoms with Gasteiger partial charge in [-0.15, -0.1) is 0 Å². The van der Waals surface area contributed by atoms with E-state index in [4.69, 9.17) is 4.74 Å². The second-order valence-electron chi connectivity index (χ2n) is 6.32. The monoisotopic (exact) mass is 343 g/mol. The van der Waals surface area contributed by atoms with Crippen molar-refractivity contribution >= 4 is 5.69 Å². The van der Waals surface area contributed by atoms with Crippen LogP contribution in [-0.4, -0.2) is 42.6 Å². The van der Waals surface area contributed by atoms with Gasteiger partial charge in [-0.2, -0.15) is 0 Å². The topological polar surface area (TPSA) is 52.9 Å². The molecule has 0 bridgehead atoms. The molecule has 4 heteroatoms. The fourth-order valence-electron chi connectivity index (χ4n) is 2.82. The molecule has 0 saturated heterocycles. The summed E-state index contributed by atoms with van der Waals surface area (Å²) in [7, 11) is 0. The number of ether oxygens (including phenoxy) is 1. The van der Waals surface area contributed by atoms with Crippen LogP contribution in [0.3, 0.4) is 0 Å². The molecular formula is C21H29NO3. The van der Waals surface area contributed by atoms with E-state index in [0.29, 0.717) is 19.0 Å². The maximum absolute atomic E-state index is 10.4. The van der Waals surface area contributed by atoms with Crippen molar-refractivity contribution in [3.05, 3.63) is 60.2 Å². The van der Waals surface area contributed by atoms with Crippen molar-refractivity contribution in [1.82, 2.24) is 0 Å². The molecule has 0 aliphatic carbocycles. The molecule has 2 atom stereocenters. The van der Waals surface area contributed by atoms with Crippen LogP contribution in [0.4, 0.5) is 5.69 Å². The number of rotatable bonds is 10. The number of benzene rings is 2. The quantitative estimate of drug-likeness (QED) is 0.694. The molecule has 0 amide bonds. The van der Waals surface area contributed by atoms with Crippen LogP contribution in [0.25, 0.3) is 0 Å². The smallest absolute Gasteiger partial charge is 0.122 e. The van der Waals surface area contributed by atoms with Crippen molar-refractivity contribution in [2.24, 2.45) is 0 Å². The molecule has 136 valence electrons. The van der Waals surface area contributed by atoms with Crippen LogP contribution in [0.1, 0.15) is 31.7 Å². The predicted octanol–water partition coefficient (Wildman–Crippen LogP) is 3.44. The van der Waals surface area contributed by atoms with Gasteiger partial charge < -0.3 is 19.8 Å². The zero-order valence-electron chi connectivity index (χ0n) is 15.1. The van der Waals surface area contributed by atoms with Gasteiger partial charge in [-0.3, -0.25) is 0 Å². The molecule has 0 aliphatic heterocycles. The lowest BCUT2D eigenvalue weighted by atomic mass is 9.98. The summed E-state index contributed by atoms with van der Waals surface area (Å²) in [5.74, 6) is 1.26. The third-order valence-corrected chi connectivity index (χ3v) is 4.42. The molecule has 4 nitrogen and oxygen atoms in total. The maximum atomic E-state index is 10.4. The zero-order chi connectivity index (χ0) is 18.1. The van der Waals surface area contributed by atoms with Crippen molar-refractivity contribution in [2.45, 2.75) is 32.3 Å². The number of anilines is 1. The van der Waals surface area contributed by atoms with Crippen molar-refractivity contribution in [3.63, 3.8) is 0 Å². The summed E-state index contributed by atoms with van der Waals surface area (Å²) in [6.45, 7) is 5.49. The highest BCUT2D eigenvalue weighted by Crippen LogP contribution is 2.28. The summed E-state index contributed by atoms with van der Waals surface area (Å²) in [5.41, 5.74) is 2.16. The fourth-order valence-corrected chi connectivity index (χ4v) is 2.82. The van der Waals surface area contributed by atoms with Crippen molar-refractivity contribution in [1.29, 1.82) is 0 Å². The molecule has 2 aromatic rings. The van der Waals surface area contributed by atoms with Crippen LogP contribution in [0.2, 0.25) is 0 Å². The number of nitrogens with zero attached hydrogens (tertiary/aromatic N) is 1. The molecule has 0 aliphatic rings. The van der Waals surface area contributed by atoms with E-state index in [0.717, 1.165) is 17.9 Å². The molecule has 2 N–H and O–H groups in total. The Labute approximate surface area is 150 Å². The van der Waals surface area contributed by atoms with E-state index in [1.165, 1.54) is 5.56 Å². The fraction of sp³-hybridized carbons (Fsp3) is 0.429. The first kappa shape index (κ1) is 19.3. The number of para-hydroxylation sites is 2. The molecule has 2 unspecified atom stereocenters. The molecule has 0 aromatic heterocycles. The largest absolute Gasteiger partial charge is 0.491 e. The zero-order valence-corrected chi connectivity index (χ0v) is 15.1. The van der Waals surface area contributed by atoms with Crippen LogP contribution in [0.15, 0.2) is 54.6 Å². The van der Waals surface area contributed by atoms with E-state index >= 15 is 0 Å². The minimum Gasteiger partial charge on any atom is -0.491 e. The number of hydrogen-bond acceptors (Lipinski definition) is 4. The van der Waals surface area contributed by atoms with Crippen molar-refractivity contribution < 1.29 is 14.9 Å². The second-order valence-corrected chi connectivity index (χ2v) is 6.32. The van der Waals surface area contributed by atoms with Gasteiger partial charge in [-0.25, -0.2) is 0 Å². The highest BCUT2D eigenvalue weighted by Gasteiger charge is 2.15. The summed E-state index contributed by atoms with van der Waals surface area (Å²) in [4.78, 5) is 1.97. The Kier molecular flexibility index (Phi) is 7.76. The Morgan fingerprint density at radius 2 is 1.72 bits per heavy atom. The maximum Gasteiger partial charge on any atom is 0.122 e. The minimum absolute atomic E-state index is 0.0410. The summed E-state index contributed by atoms with van der Waals surface area (Å²) < 4.78 is 5.90. The number of aliphatic hydroxyl groups excluding tert-OH is 2. The van der Waals surface area contributed by atoms with Gasteiger partial charge in [-0.05, 0) is 36.1 Å². The summed E-state index contributed by atoms with van der Waals surface area (Å²) in [6, 6.07) is 17.8.